The minimum atomic E-state index is -3.72. The average Bonchev–Trinajstić information content (AvgIpc) is 3.19. The SMILES string of the molecule is Cc1ccc(C)c(S(=O)(=O)[C@H](CNC(=O)c2cccs2)c2cccnc2)c1. The number of aryl methyl sites for hydroxylation is 2. The van der Waals surface area contributed by atoms with E-state index < -0.39 is 15.1 Å². The Labute approximate surface area is 163 Å². The highest BCUT2D eigenvalue weighted by Crippen LogP contribution is 2.30. The number of thiophene rings is 1. The summed E-state index contributed by atoms with van der Waals surface area (Å²) in [7, 11) is -3.72. The minimum Gasteiger partial charge on any atom is -0.350 e. The average molecular weight is 401 g/mol. The first-order valence-corrected chi connectivity index (χ1v) is 10.8. The highest BCUT2D eigenvalue weighted by atomic mass is 32.2. The van der Waals surface area contributed by atoms with Gasteiger partial charge in [-0.05, 0) is 54.1 Å². The lowest BCUT2D eigenvalue weighted by Crippen LogP contribution is -2.31. The normalized spacial score (nSPS) is 12.5. The second kappa shape index (κ2) is 8.02. The molecule has 1 atom stereocenters. The molecule has 0 saturated heterocycles. The molecule has 0 unspecified atom stereocenters. The quantitative estimate of drug-likeness (QED) is 0.684. The summed E-state index contributed by atoms with van der Waals surface area (Å²) in [5, 5.41) is 3.64. The molecule has 0 spiro atoms. The fourth-order valence-electron chi connectivity index (χ4n) is 2.82. The van der Waals surface area contributed by atoms with Gasteiger partial charge in [0.2, 0.25) is 0 Å². The Morgan fingerprint density at radius 3 is 2.67 bits per heavy atom. The Morgan fingerprint density at radius 1 is 1.19 bits per heavy atom. The van der Waals surface area contributed by atoms with Crippen molar-refractivity contribution in [2.75, 3.05) is 6.54 Å². The summed E-state index contributed by atoms with van der Waals surface area (Å²) in [6, 6.07) is 12.3. The number of hydrogen-bond donors (Lipinski definition) is 1. The zero-order valence-corrected chi connectivity index (χ0v) is 16.7. The van der Waals surface area contributed by atoms with Gasteiger partial charge in [-0.2, -0.15) is 0 Å². The number of rotatable bonds is 6. The Hall–Kier alpha value is -2.51. The summed E-state index contributed by atoms with van der Waals surface area (Å²) in [6.07, 6.45) is 3.12. The number of nitrogens with zero attached hydrogens (tertiary/aromatic N) is 1. The van der Waals surface area contributed by atoms with Crippen LogP contribution in [0.25, 0.3) is 0 Å². The largest absolute Gasteiger partial charge is 0.350 e. The number of benzene rings is 1. The number of carbonyl (C=O) groups is 1. The third-order valence-electron chi connectivity index (χ3n) is 4.27. The van der Waals surface area contributed by atoms with Crippen molar-refractivity contribution in [3.8, 4) is 0 Å². The van der Waals surface area contributed by atoms with Gasteiger partial charge in [0.05, 0.1) is 9.77 Å². The van der Waals surface area contributed by atoms with E-state index in [0.29, 0.717) is 16.0 Å². The molecule has 7 heteroatoms. The number of aromatic nitrogens is 1. The second-order valence-electron chi connectivity index (χ2n) is 6.28. The van der Waals surface area contributed by atoms with Crippen LogP contribution in [0, 0.1) is 13.8 Å². The van der Waals surface area contributed by atoms with Gasteiger partial charge < -0.3 is 5.32 Å². The smallest absolute Gasteiger partial charge is 0.261 e. The number of sulfone groups is 1. The van der Waals surface area contributed by atoms with Crippen LogP contribution in [0.3, 0.4) is 0 Å². The van der Waals surface area contributed by atoms with E-state index in [4.69, 9.17) is 0 Å². The van der Waals surface area contributed by atoms with Crippen LogP contribution in [0.5, 0.6) is 0 Å². The number of amides is 1. The van der Waals surface area contributed by atoms with Gasteiger partial charge in [-0.25, -0.2) is 8.42 Å². The Balaban J connectivity index is 1.97. The molecule has 0 fully saturated rings. The molecular formula is C20H20N2O3S2. The highest BCUT2D eigenvalue weighted by Gasteiger charge is 2.31. The van der Waals surface area contributed by atoms with Crippen molar-refractivity contribution in [3.63, 3.8) is 0 Å². The van der Waals surface area contributed by atoms with Gasteiger partial charge in [-0.1, -0.05) is 24.3 Å². The standard InChI is InChI=1S/C20H20N2O3S2/c1-14-7-8-15(2)18(11-14)27(24,25)19(16-5-3-9-21-12-16)13-22-20(23)17-6-4-10-26-17/h3-12,19H,13H2,1-2H3,(H,22,23)/t19-/m1/s1. The first-order valence-electron chi connectivity index (χ1n) is 8.42. The zero-order valence-electron chi connectivity index (χ0n) is 15.0. The summed E-state index contributed by atoms with van der Waals surface area (Å²) in [6.45, 7) is 3.60. The maximum Gasteiger partial charge on any atom is 0.261 e. The summed E-state index contributed by atoms with van der Waals surface area (Å²) in [5.41, 5.74) is 2.09. The molecule has 140 valence electrons. The Morgan fingerprint density at radius 2 is 2.00 bits per heavy atom. The first-order chi connectivity index (χ1) is 12.9. The van der Waals surface area contributed by atoms with Crippen LogP contribution in [-0.2, 0) is 9.84 Å². The molecule has 1 N–H and O–H groups in total. The maximum atomic E-state index is 13.4. The number of hydrogen-bond acceptors (Lipinski definition) is 5. The third kappa shape index (κ3) is 4.26. The van der Waals surface area contributed by atoms with Crippen LogP contribution < -0.4 is 5.32 Å². The van der Waals surface area contributed by atoms with E-state index in [2.05, 4.69) is 10.3 Å². The molecule has 0 radical (unpaired) electrons. The van der Waals surface area contributed by atoms with Gasteiger partial charge in [0, 0.05) is 18.9 Å². The van der Waals surface area contributed by atoms with E-state index in [-0.39, 0.29) is 17.3 Å². The molecule has 0 saturated carbocycles. The van der Waals surface area contributed by atoms with E-state index in [1.807, 2.05) is 13.0 Å². The highest BCUT2D eigenvalue weighted by molar-refractivity contribution is 7.91. The van der Waals surface area contributed by atoms with Crippen molar-refractivity contribution in [1.82, 2.24) is 10.3 Å². The van der Waals surface area contributed by atoms with Crippen molar-refractivity contribution in [3.05, 3.63) is 81.8 Å². The molecule has 27 heavy (non-hydrogen) atoms. The van der Waals surface area contributed by atoms with E-state index in [1.54, 1.807) is 54.9 Å². The second-order valence-corrected chi connectivity index (χ2v) is 9.32. The van der Waals surface area contributed by atoms with Crippen LogP contribution >= 0.6 is 11.3 Å². The van der Waals surface area contributed by atoms with E-state index in [1.165, 1.54) is 17.5 Å². The first kappa shape index (κ1) is 19.3. The third-order valence-corrected chi connectivity index (χ3v) is 7.38. The van der Waals surface area contributed by atoms with Crippen molar-refractivity contribution in [2.45, 2.75) is 24.0 Å². The van der Waals surface area contributed by atoms with Crippen LogP contribution in [0.4, 0.5) is 0 Å². The van der Waals surface area contributed by atoms with E-state index >= 15 is 0 Å². The van der Waals surface area contributed by atoms with Crippen molar-refractivity contribution < 1.29 is 13.2 Å². The molecule has 2 heterocycles. The molecule has 0 aliphatic carbocycles. The Kier molecular flexibility index (Phi) is 5.72. The van der Waals surface area contributed by atoms with Gasteiger partial charge in [0.1, 0.15) is 5.25 Å². The molecule has 3 rings (SSSR count). The molecule has 0 bridgehead atoms. The molecule has 0 aliphatic rings. The van der Waals surface area contributed by atoms with E-state index in [9.17, 15) is 13.2 Å². The molecule has 2 aromatic heterocycles. The fourth-order valence-corrected chi connectivity index (χ4v) is 5.43. The molecule has 1 aromatic carbocycles. The zero-order chi connectivity index (χ0) is 19.4. The molecule has 1 amide bonds. The predicted molar refractivity (Wildman–Crippen MR) is 107 cm³/mol. The number of pyridine rings is 1. The van der Waals surface area contributed by atoms with Crippen molar-refractivity contribution >= 4 is 27.1 Å². The van der Waals surface area contributed by atoms with Gasteiger partial charge >= 0.3 is 0 Å². The van der Waals surface area contributed by atoms with Crippen LogP contribution in [0.2, 0.25) is 0 Å². The van der Waals surface area contributed by atoms with Crippen LogP contribution in [0.1, 0.15) is 31.6 Å². The molecular weight excluding hydrogens is 380 g/mol. The van der Waals surface area contributed by atoms with Crippen LogP contribution in [0.15, 0.2) is 65.1 Å². The predicted octanol–water partition coefficient (Wildman–Crippen LogP) is 3.70. The van der Waals surface area contributed by atoms with Crippen molar-refractivity contribution in [1.29, 1.82) is 0 Å². The van der Waals surface area contributed by atoms with Gasteiger partial charge in [0.25, 0.3) is 5.91 Å². The lowest BCUT2D eigenvalue weighted by Gasteiger charge is -2.20. The summed E-state index contributed by atoms with van der Waals surface area (Å²) in [5.74, 6) is -0.282. The minimum absolute atomic E-state index is 0.0296. The molecule has 3 aromatic rings. The topological polar surface area (TPSA) is 76.1 Å². The summed E-state index contributed by atoms with van der Waals surface area (Å²) < 4.78 is 26.9. The summed E-state index contributed by atoms with van der Waals surface area (Å²) in [4.78, 5) is 17.2. The van der Waals surface area contributed by atoms with E-state index in [0.717, 1.165) is 5.56 Å². The Bertz CT molecular complexity index is 1030. The monoisotopic (exact) mass is 400 g/mol. The van der Waals surface area contributed by atoms with Crippen LogP contribution in [-0.4, -0.2) is 25.9 Å². The summed E-state index contributed by atoms with van der Waals surface area (Å²) >= 11 is 1.31. The molecule has 0 aliphatic heterocycles. The van der Waals surface area contributed by atoms with Gasteiger partial charge in [-0.3, -0.25) is 9.78 Å². The maximum absolute atomic E-state index is 13.4. The van der Waals surface area contributed by atoms with Gasteiger partial charge in [0.15, 0.2) is 9.84 Å². The fraction of sp³-hybridized carbons (Fsp3) is 0.200. The number of nitrogens with one attached hydrogen (secondary N) is 1. The lowest BCUT2D eigenvalue weighted by molar-refractivity contribution is 0.0957. The number of carbonyl (C=O) groups excluding carboxylic acids is 1. The van der Waals surface area contributed by atoms with Gasteiger partial charge in [-0.15, -0.1) is 11.3 Å². The lowest BCUT2D eigenvalue weighted by atomic mass is 10.2. The molecule has 5 nitrogen and oxygen atoms in total. The van der Waals surface area contributed by atoms with Crippen molar-refractivity contribution in [2.24, 2.45) is 0 Å².